The average Bonchev–Trinajstić information content (AvgIpc) is 3.28. The smallest absolute Gasteiger partial charge is 0.270 e. The Labute approximate surface area is 170 Å². The molecule has 3 aliphatic rings. The molecule has 29 heavy (non-hydrogen) atoms. The lowest BCUT2D eigenvalue weighted by atomic mass is 9.95. The zero-order valence-corrected chi connectivity index (χ0v) is 16.9. The molecule has 0 aromatic heterocycles. The topological polar surface area (TPSA) is 85.2 Å². The average molecular weight is 403 g/mol. The van der Waals surface area contributed by atoms with Gasteiger partial charge < -0.3 is 19.3 Å². The fourth-order valence-corrected chi connectivity index (χ4v) is 4.53. The van der Waals surface area contributed by atoms with Crippen LogP contribution >= 0.6 is 0 Å². The van der Waals surface area contributed by atoms with Crippen LogP contribution < -0.4 is 4.90 Å². The fraction of sp³-hybridized carbons (Fsp3) is 0.667. The Hall–Kier alpha value is -2.19. The monoisotopic (exact) mass is 403 g/mol. The predicted octanol–water partition coefficient (Wildman–Crippen LogP) is 3.06. The van der Waals surface area contributed by atoms with Gasteiger partial charge in [-0.25, -0.2) is 0 Å². The van der Waals surface area contributed by atoms with Crippen LogP contribution in [-0.2, 0) is 9.47 Å². The molecule has 0 N–H and O–H groups in total. The van der Waals surface area contributed by atoms with Gasteiger partial charge in [-0.1, -0.05) is 6.92 Å². The summed E-state index contributed by atoms with van der Waals surface area (Å²) < 4.78 is 11.2. The summed E-state index contributed by atoms with van der Waals surface area (Å²) >= 11 is 0. The molecule has 3 aliphatic heterocycles. The van der Waals surface area contributed by atoms with E-state index in [-0.39, 0.29) is 17.9 Å². The van der Waals surface area contributed by atoms with Crippen LogP contribution in [0.3, 0.4) is 0 Å². The minimum Gasteiger partial charge on any atom is -0.371 e. The van der Waals surface area contributed by atoms with E-state index in [4.69, 9.17) is 9.47 Å². The zero-order valence-electron chi connectivity index (χ0n) is 16.9. The SMILES string of the molecule is CC1CCN(c2ccc([N+](=O)[O-])cc2C(=O)N2CCC(C3OCCO3)CC2)CC1. The molecule has 3 saturated heterocycles. The number of ether oxygens (including phenoxy) is 2. The second kappa shape index (κ2) is 8.67. The first-order valence-electron chi connectivity index (χ1n) is 10.6. The molecule has 0 unspecified atom stereocenters. The first-order valence-corrected chi connectivity index (χ1v) is 10.6. The molecule has 8 heteroatoms. The molecule has 0 aliphatic carbocycles. The second-order valence-corrected chi connectivity index (χ2v) is 8.37. The largest absolute Gasteiger partial charge is 0.371 e. The summed E-state index contributed by atoms with van der Waals surface area (Å²) in [6.45, 7) is 6.49. The number of nitro benzene ring substituents is 1. The van der Waals surface area contributed by atoms with Crippen molar-refractivity contribution in [3.05, 3.63) is 33.9 Å². The minimum atomic E-state index is -0.431. The van der Waals surface area contributed by atoms with Crippen molar-refractivity contribution >= 4 is 17.3 Å². The molecule has 158 valence electrons. The minimum absolute atomic E-state index is 0.0369. The highest BCUT2D eigenvalue weighted by Crippen LogP contribution is 2.32. The molecule has 0 bridgehead atoms. The number of non-ortho nitro benzene ring substituents is 1. The first kappa shape index (κ1) is 20.1. The molecule has 0 radical (unpaired) electrons. The van der Waals surface area contributed by atoms with Crippen LogP contribution in [0.25, 0.3) is 0 Å². The number of rotatable bonds is 4. The van der Waals surface area contributed by atoms with Crippen LogP contribution in [-0.4, -0.2) is 61.4 Å². The normalized spacial score (nSPS) is 22.2. The summed E-state index contributed by atoms with van der Waals surface area (Å²) in [6.07, 6.45) is 3.62. The van der Waals surface area contributed by atoms with E-state index >= 15 is 0 Å². The molecular formula is C21H29N3O5. The molecule has 1 aromatic rings. The van der Waals surface area contributed by atoms with Crippen LogP contribution in [0.5, 0.6) is 0 Å². The fourth-order valence-electron chi connectivity index (χ4n) is 4.53. The Morgan fingerprint density at radius 3 is 2.34 bits per heavy atom. The van der Waals surface area contributed by atoms with Crippen LogP contribution in [0, 0.1) is 22.0 Å². The van der Waals surface area contributed by atoms with Gasteiger partial charge in [0.2, 0.25) is 0 Å². The van der Waals surface area contributed by atoms with Gasteiger partial charge in [0, 0.05) is 44.2 Å². The molecule has 1 amide bonds. The third kappa shape index (κ3) is 4.38. The maximum absolute atomic E-state index is 13.3. The quantitative estimate of drug-likeness (QED) is 0.567. The van der Waals surface area contributed by atoms with Crippen LogP contribution in [0.1, 0.15) is 43.0 Å². The summed E-state index contributed by atoms with van der Waals surface area (Å²) in [4.78, 5) is 28.2. The number of carbonyl (C=O) groups is 1. The molecule has 8 nitrogen and oxygen atoms in total. The van der Waals surface area contributed by atoms with Gasteiger partial charge >= 0.3 is 0 Å². The number of hydrogen-bond donors (Lipinski definition) is 0. The van der Waals surface area contributed by atoms with Gasteiger partial charge in [-0.2, -0.15) is 0 Å². The third-order valence-electron chi connectivity index (χ3n) is 6.40. The lowest BCUT2D eigenvalue weighted by molar-refractivity contribution is -0.384. The van der Waals surface area contributed by atoms with E-state index in [1.807, 2.05) is 4.90 Å². The van der Waals surface area contributed by atoms with Gasteiger partial charge in [-0.05, 0) is 37.7 Å². The van der Waals surface area contributed by atoms with E-state index in [9.17, 15) is 14.9 Å². The lowest BCUT2D eigenvalue weighted by Gasteiger charge is -2.36. The van der Waals surface area contributed by atoms with Crippen molar-refractivity contribution in [2.75, 3.05) is 44.3 Å². The highest BCUT2D eigenvalue weighted by atomic mass is 16.7. The molecule has 0 spiro atoms. The van der Waals surface area contributed by atoms with Gasteiger partial charge in [-0.15, -0.1) is 0 Å². The standard InChI is InChI=1S/C21H29N3O5/c1-15-4-8-22(9-5-15)19-3-2-17(24(26)27)14-18(19)20(25)23-10-6-16(7-11-23)21-28-12-13-29-21/h2-3,14-16,21H,4-13H2,1H3. The van der Waals surface area contributed by atoms with Crippen molar-refractivity contribution in [3.63, 3.8) is 0 Å². The third-order valence-corrected chi connectivity index (χ3v) is 6.40. The number of nitrogens with zero attached hydrogens (tertiary/aromatic N) is 3. The Bertz CT molecular complexity index is 749. The number of carbonyl (C=O) groups excluding carboxylic acids is 1. The molecule has 4 rings (SSSR count). The number of nitro groups is 1. The van der Waals surface area contributed by atoms with Gasteiger partial charge in [0.05, 0.1) is 29.4 Å². The number of hydrogen-bond acceptors (Lipinski definition) is 6. The molecule has 1 aromatic carbocycles. The van der Waals surface area contributed by atoms with Crippen molar-refractivity contribution in [1.82, 2.24) is 4.90 Å². The van der Waals surface area contributed by atoms with E-state index in [1.165, 1.54) is 12.1 Å². The van der Waals surface area contributed by atoms with Crippen LogP contribution in [0.4, 0.5) is 11.4 Å². The first-order chi connectivity index (χ1) is 14.0. The molecule has 0 atom stereocenters. The van der Waals surface area contributed by atoms with Crippen molar-refractivity contribution in [2.45, 2.75) is 38.9 Å². The summed E-state index contributed by atoms with van der Waals surface area (Å²) in [6, 6.07) is 4.70. The van der Waals surface area contributed by atoms with Crippen molar-refractivity contribution in [2.24, 2.45) is 11.8 Å². The van der Waals surface area contributed by atoms with Gasteiger partial charge in [0.15, 0.2) is 6.29 Å². The molecule has 3 heterocycles. The van der Waals surface area contributed by atoms with Gasteiger partial charge in [-0.3, -0.25) is 14.9 Å². The number of benzene rings is 1. The highest BCUT2D eigenvalue weighted by molar-refractivity contribution is 6.00. The Morgan fingerprint density at radius 2 is 1.72 bits per heavy atom. The Balaban J connectivity index is 1.51. The van der Waals surface area contributed by atoms with Gasteiger partial charge in [0.25, 0.3) is 11.6 Å². The van der Waals surface area contributed by atoms with E-state index in [1.54, 1.807) is 6.07 Å². The van der Waals surface area contributed by atoms with E-state index in [2.05, 4.69) is 11.8 Å². The number of likely N-dealkylation sites (tertiary alicyclic amines) is 1. The summed E-state index contributed by atoms with van der Waals surface area (Å²) in [7, 11) is 0. The van der Waals surface area contributed by atoms with E-state index in [0.717, 1.165) is 44.5 Å². The Kier molecular flexibility index (Phi) is 6.01. The van der Waals surface area contributed by atoms with Crippen molar-refractivity contribution in [1.29, 1.82) is 0 Å². The van der Waals surface area contributed by atoms with Crippen LogP contribution in [0.15, 0.2) is 18.2 Å². The number of piperidine rings is 2. The van der Waals surface area contributed by atoms with Crippen LogP contribution in [0.2, 0.25) is 0 Å². The van der Waals surface area contributed by atoms with E-state index in [0.29, 0.717) is 43.7 Å². The lowest BCUT2D eigenvalue weighted by Crippen LogP contribution is -2.42. The maximum Gasteiger partial charge on any atom is 0.270 e. The maximum atomic E-state index is 13.3. The Morgan fingerprint density at radius 1 is 1.07 bits per heavy atom. The van der Waals surface area contributed by atoms with Gasteiger partial charge in [0.1, 0.15) is 0 Å². The second-order valence-electron chi connectivity index (χ2n) is 8.37. The predicted molar refractivity (Wildman–Crippen MR) is 108 cm³/mol. The number of anilines is 1. The van der Waals surface area contributed by atoms with E-state index < -0.39 is 4.92 Å². The molecule has 0 saturated carbocycles. The summed E-state index contributed by atoms with van der Waals surface area (Å²) in [5.41, 5.74) is 1.22. The number of amides is 1. The van der Waals surface area contributed by atoms with Crippen molar-refractivity contribution < 1.29 is 19.2 Å². The molecule has 3 fully saturated rings. The van der Waals surface area contributed by atoms with Crippen molar-refractivity contribution in [3.8, 4) is 0 Å². The molecular weight excluding hydrogens is 374 g/mol. The summed E-state index contributed by atoms with van der Waals surface area (Å²) in [5, 5.41) is 11.3. The summed E-state index contributed by atoms with van der Waals surface area (Å²) in [5.74, 6) is 0.853. The zero-order chi connectivity index (χ0) is 20.4. The highest BCUT2D eigenvalue weighted by Gasteiger charge is 2.33.